The quantitative estimate of drug-likeness (QED) is 0.0261. The fourth-order valence-electron chi connectivity index (χ4n) is 9.79. The normalized spacial score (nSPS) is 12.4. The highest BCUT2D eigenvalue weighted by atomic mass is 16.6. The van der Waals surface area contributed by atoms with E-state index in [-0.39, 0.29) is 31.1 Å². The molecule has 0 spiro atoms. The third kappa shape index (κ3) is 62.0. The molecule has 0 radical (unpaired) electrons. The Morgan fingerprint density at radius 3 is 0.868 bits per heavy atom. The first-order valence-electron chi connectivity index (χ1n) is 33.3. The molecule has 0 bridgehead atoms. The number of carbonyl (C=O) groups excluding carboxylic acids is 3. The van der Waals surface area contributed by atoms with Crippen molar-refractivity contribution in [2.24, 2.45) is 0 Å². The molecule has 0 aliphatic carbocycles. The molecule has 0 saturated carbocycles. The van der Waals surface area contributed by atoms with Gasteiger partial charge in [0.1, 0.15) is 13.2 Å². The highest BCUT2D eigenvalue weighted by Crippen LogP contribution is 2.18. The third-order valence-electron chi connectivity index (χ3n) is 14.7. The van der Waals surface area contributed by atoms with Gasteiger partial charge in [-0.25, -0.2) is 0 Å². The second-order valence-corrected chi connectivity index (χ2v) is 22.4. The predicted octanol–water partition coefficient (Wildman–Crippen LogP) is 22.7. The van der Waals surface area contributed by atoms with Crippen molar-refractivity contribution in [3.8, 4) is 0 Å². The molecule has 0 rings (SSSR count). The summed E-state index contributed by atoms with van der Waals surface area (Å²) < 4.78 is 16.9. The van der Waals surface area contributed by atoms with E-state index in [0.717, 1.165) is 109 Å². The summed E-state index contributed by atoms with van der Waals surface area (Å²) >= 11 is 0. The van der Waals surface area contributed by atoms with E-state index >= 15 is 0 Å². The molecule has 0 aliphatic heterocycles. The first-order valence-corrected chi connectivity index (χ1v) is 33.3. The Labute approximate surface area is 472 Å². The highest BCUT2D eigenvalue weighted by Gasteiger charge is 2.19. The van der Waals surface area contributed by atoms with Crippen LogP contribution in [0.3, 0.4) is 0 Å². The number of hydrogen-bond acceptors (Lipinski definition) is 6. The number of carbonyl (C=O) groups is 3. The number of hydrogen-bond donors (Lipinski definition) is 0. The van der Waals surface area contributed by atoms with Gasteiger partial charge in [0.2, 0.25) is 0 Å². The zero-order valence-corrected chi connectivity index (χ0v) is 50.8. The van der Waals surface area contributed by atoms with Crippen LogP contribution >= 0.6 is 0 Å². The van der Waals surface area contributed by atoms with Crippen molar-refractivity contribution in [1.82, 2.24) is 0 Å². The van der Waals surface area contributed by atoms with E-state index in [0.29, 0.717) is 19.3 Å². The predicted molar refractivity (Wildman–Crippen MR) is 330 cm³/mol. The fraction of sp³-hybridized carbons (Fsp3) is 0.814. The second-order valence-electron chi connectivity index (χ2n) is 22.4. The van der Waals surface area contributed by atoms with Gasteiger partial charge in [-0.2, -0.15) is 0 Å². The molecule has 6 heteroatoms. The zero-order valence-electron chi connectivity index (χ0n) is 50.8. The van der Waals surface area contributed by atoms with Crippen LogP contribution in [0.1, 0.15) is 348 Å². The molecule has 0 aromatic rings. The van der Waals surface area contributed by atoms with Crippen molar-refractivity contribution in [1.29, 1.82) is 0 Å². The molecule has 442 valence electrons. The van der Waals surface area contributed by atoms with Gasteiger partial charge in [-0.3, -0.25) is 14.4 Å². The minimum atomic E-state index is -0.784. The Morgan fingerprint density at radius 2 is 0.539 bits per heavy atom. The average Bonchev–Trinajstić information content (AvgIpc) is 3.42. The molecule has 76 heavy (non-hydrogen) atoms. The fourth-order valence-corrected chi connectivity index (χ4v) is 9.79. The van der Waals surface area contributed by atoms with E-state index in [2.05, 4.69) is 81.5 Å². The van der Waals surface area contributed by atoms with Crippen molar-refractivity contribution in [2.75, 3.05) is 13.2 Å². The van der Waals surface area contributed by atoms with Crippen LogP contribution in [0.5, 0.6) is 0 Å². The average molecular weight is 1060 g/mol. The molecule has 0 amide bonds. The van der Waals surface area contributed by atoms with E-state index in [1.807, 2.05) is 0 Å². The molecule has 0 N–H and O–H groups in total. The summed E-state index contributed by atoms with van der Waals surface area (Å²) in [5, 5.41) is 0. The second kappa shape index (κ2) is 64.6. The SMILES string of the molecule is CC/C=C\C/C=C\C/C=C\C/C=C\CCCCCCCCC(=O)OC(COC(=O)CCCCCCC/C=C\CCC)COC(=O)CCCCCCCCCCCCCCCCCCCCCCCCCCCCCCC. The van der Waals surface area contributed by atoms with Gasteiger partial charge in [0, 0.05) is 19.3 Å². The lowest BCUT2D eigenvalue weighted by molar-refractivity contribution is -0.167. The topological polar surface area (TPSA) is 78.9 Å². The van der Waals surface area contributed by atoms with Crippen molar-refractivity contribution in [3.63, 3.8) is 0 Å². The molecule has 6 nitrogen and oxygen atoms in total. The number of esters is 3. The molecule has 0 fully saturated rings. The van der Waals surface area contributed by atoms with Crippen LogP contribution in [0, 0.1) is 0 Å². The Bertz CT molecular complexity index is 1360. The molecular formula is C70H126O6. The lowest BCUT2D eigenvalue weighted by atomic mass is 10.0. The molecule has 1 atom stereocenters. The van der Waals surface area contributed by atoms with Crippen LogP contribution < -0.4 is 0 Å². The standard InChI is InChI=1S/C70H126O6/c1-4-7-10-13-16-19-22-24-26-28-30-31-32-33-34-35-36-37-38-39-41-42-44-46-48-51-54-57-60-63-69(72)75-66-67(65-74-68(71)62-59-56-53-50-21-18-15-12-9-6-3)76-70(73)64-61-58-55-52-49-47-45-43-40-29-27-25-23-20-17-14-11-8-5-2/h8,11-12,15,17,20,25,27,40,43,67H,4-7,9-10,13-14,16,18-19,21-24,26,28-39,41-42,44-66H2,1-3H3/b11-8-,15-12-,20-17-,27-25-,43-40-. The maximum atomic E-state index is 12.9. The van der Waals surface area contributed by atoms with Crippen molar-refractivity contribution in [2.45, 2.75) is 354 Å². The van der Waals surface area contributed by atoms with E-state index in [4.69, 9.17) is 14.2 Å². The van der Waals surface area contributed by atoms with Gasteiger partial charge < -0.3 is 14.2 Å². The van der Waals surface area contributed by atoms with E-state index in [1.54, 1.807) is 0 Å². The first-order chi connectivity index (χ1) is 37.5. The van der Waals surface area contributed by atoms with E-state index in [1.165, 1.54) is 199 Å². The molecule has 0 aliphatic rings. The number of allylic oxidation sites excluding steroid dienone is 10. The van der Waals surface area contributed by atoms with Crippen LogP contribution in [-0.4, -0.2) is 37.2 Å². The van der Waals surface area contributed by atoms with Gasteiger partial charge in [0.05, 0.1) is 0 Å². The number of unbranched alkanes of at least 4 members (excludes halogenated alkanes) is 40. The molecule has 0 saturated heterocycles. The summed E-state index contributed by atoms with van der Waals surface area (Å²) in [7, 11) is 0. The summed E-state index contributed by atoms with van der Waals surface area (Å²) in [6.07, 6.45) is 82.6. The summed E-state index contributed by atoms with van der Waals surface area (Å²) in [5.41, 5.74) is 0. The first kappa shape index (κ1) is 73.1. The smallest absolute Gasteiger partial charge is 0.306 e. The number of ether oxygens (including phenoxy) is 3. The highest BCUT2D eigenvalue weighted by molar-refractivity contribution is 5.71. The van der Waals surface area contributed by atoms with Gasteiger partial charge >= 0.3 is 17.9 Å². The summed E-state index contributed by atoms with van der Waals surface area (Å²) in [6.45, 7) is 6.49. The van der Waals surface area contributed by atoms with Gasteiger partial charge in [0.15, 0.2) is 6.10 Å². The molecule has 0 heterocycles. The molecule has 1 unspecified atom stereocenters. The molecule has 0 aromatic heterocycles. The van der Waals surface area contributed by atoms with Gasteiger partial charge in [0.25, 0.3) is 0 Å². The monoisotopic (exact) mass is 1060 g/mol. The largest absolute Gasteiger partial charge is 0.462 e. The van der Waals surface area contributed by atoms with Crippen LogP contribution in [0.4, 0.5) is 0 Å². The lowest BCUT2D eigenvalue weighted by Crippen LogP contribution is -2.30. The van der Waals surface area contributed by atoms with Crippen molar-refractivity contribution in [3.05, 3.63) is 60.8 Å². The Balaban J connectivity index is 4.14. The maximum absolute atomic E-state index is 12.9. The van der Waals surface area contributed by atoms with Crippen LogP contribution in [-0.2, 0) is 28.6 Å². The minimum absolute atomic E-state index is 0.0800. The maximum Gasteiger partial charge on any atom is 0.306 e. The Hall–Kier alpha value is -2.89. The third-order valence-corrected chi connectivity index (χ3v) is 14.7. The van der Waals surface area contributed by atoms with Gasteiger partial charge in [-0.1, -0.05) is 313 Å². The Kier molecular flexibility index (Phi) is 62.2. The molecular weight excluding hydrogens is 937 g/mol. The van der Waals surface area contributed by atoms with Gasteiger partial charge in [-0.15, -0.1) is 0 Å². The van der Waals surface area contributed by atoms with Crippen molar-refractivity contribution >= 4 is 17.9 Å². The Morgan fingerprint density at radius 1 is 0.276 bits per heavy atom. The number of rotatable bonds is 61. The summed E-state index contributed by atoms with van der Waals surface area (Å²) in [5.74, 6) is -0.889. The van der Waals surface area contributed by atoms with Crippen LogP contribution in [0.25, 0.3) is 0 Å². The van der Waals surface area contributed by atoms with Crippen LogP contribution in [0.2, 0.25) is 0 Å². The molecule has 0 aromatic carbocycles. The van der Waals surface area contributed by atoms with Crippen LogP contribution in [0.15, 0.2) is 60.8 Å². The summed E-state index contributed by atoms with van der Waals surface area (Å²) in [4.78, 5) is 38.2. The lowest BCUT2D eigenvalue weighted by Gasteiger charge is -2.18. The van der Waals surface area contributed by atoms with E-state index < -0.39 is 6.10 Å². The van der Waals surface area contributed by atoms with Crippen molar-refractivity contribution < 1.29 is 28.6 Å². The minimum Gasteiger partial charge on any atom is -0.462 e. The zero-order chi connectivity index (χ0) is 55.0. The van der Waals surface area contributed by atoms with E-state index in [9.17, 15) is 14.4 Å². The summed E-state index contributed by atoms with van der Waals surface area (Å²) in [6, 6.07) is 0. The van der Waals surface area contributed by atoms with Gasteiger partial charge in [-0.05, 0) is 77.0 Å².